The lowest BCUT2D eigenvalue weighted by molar-refractivity contribution is 1.18. The molecule has 31 heavy (non-hydrogen) atoms. The first-order valence-electron chi connectivity index (χ1n) is 10.6. The molecule has 0 radical (unpaired) electrons. The minimum atomic E-state index is 1.18. The Hall–Kier alpha value is -4.10. The molecule has 1 nitrogen and oxygen atoms in total. The van der Waals surface area contributed by atoms with Gasteiger partial charge in [-0.3, -0.25) is 0 Å². The Labute approximate surface area is 181 Å². The summed E-state index contributed by atoms with van der Waals surface area (Å²) >= 11 is 0. The van der Waals surface area contributed by atoms with Gasteiger partial charge in [-0.05, 0) is 34.9 Å². The lowest BCUT2D eigenvalue weighted by Gasteiger charge is -2.13. The monoisotopic (exact) mass is 395 g/mol. The van der Waals surface area contributed by atoms with Gasteiger partial charge in [0.1, 0.15) is 0 Å². The van der Waals surface area contributed by atoms with Gasteiger partial charge in [0.05, 0.1) is 11.0 Å². The van der Waals surface area contributed by atoms with Crippen LogP contribution in [0.1, 0.15) is 0 Å². The molecule has 0 saturated heterocycles. The number of benzene rings is 5. The molecular formula is C30H21N. The number of hydrogen-bond donors (Lipinski definition) is 0. The van der Waals surface area contributed by atoms with Crippen LogP contribution in [-0.2, 0) is 0 Å². The van der Waals surface area contributed by atoms with Crippen molar-refractivity contribution in [2.24, 2.45) is 0 Å². The average molecular weight is 396 g/mol. The molecule has 0 fully saturated rings. The maximum Gasteiger partial charge on any atom is 0.0625 e. The Morgan fingerprint density at radius 3 is 1.61 bits per heavy atom. The lowest BCUT2D eigenvalue weighted by Crippen LogP contribution is -1.95. The van der Waals surface area contributed by atoms with Crippen molar-refractivity contribution in [1.29, 1.82) is 0 Å². The van der Waals surface area contributed by atoms with Gasteiger partial charge in [0.2, 0.25) is 0 Å². The predicted molar refractivity (Wildman–Crippen MR) is 132 cm³/mol. The van der Waals surface area contributed by atoms with Crippen molar-refractivity contribution in [2.45, 2.75) is 0 Å². The van der Waals surface area contributed by atoms with Gasteiger partial charge in [-0.25, -0.2) is 0 Å². The normalized spacial score (nSPS) is 11.2. The third-order valence-electron chi connectivity index (χ3n) is 6.00. The van der Waals surface area contributed by atoms with E-state index in [0.717, 1.165) is 0 Å². The number of rotatable bonds is 3. The third kappa shape index (κ3) is 2.86. The summed E-state index contributed by atoms with van der Waals surface area (Å²) in [7, 11) is 0. The van der Waals surface area contributed by atoms with Crippen molar-refractivity contribution < 1.29 is 0 Å². The van der Waals surface area contributed by atoms with Crippen molar-refractivity contribution in [3.8, 4) is 27.9 Å². The van der Waals surface area contributed by atoms with E-state index in [1.807, 2.05) is 0 Å². The first-order chi connectivity index (χ1) is 15.4. The standard InChI is InChI=1S/C30H21N/c1-4-12-22(13-5-1)25-20-21-26(23-14-6-2-7-15-23)30-29(25)27-18-10-11-19-28(27)31(30)24-16-8-3-9-17-24/h1-21H. The molecule has 0 N–H and O–H groups in total. The van der Waals surface area contributed by atoms with E-state index >= 15 is 0 Å². The molecular weight excluding hydrogens is 374 g/mol. The SMILES string of the molecule is c1ccc(-c2ccc(-c3ccccc3)c3c2c2ccccc2n3-c2ccccc2)cc1. The highest BCUT2D eigenvalue weighted by Gasteiger charge is 2.19. The smallest absolute Gasteiger partial charge is 0.0625 e. The predicted octanol–water partition coefficient (Wildman–Crippen LogP) is 8.12. The van der Waals surface area contributed by atoms with Crippen molar-refractivity contribution >= 4 is 21.8 Å². The largest absolute Gasteiger partial charge is 0.309 e. The maximum atomic E-state index is 2.42. The second kappa shape index (κ2) is 7.30. The van der Waals surface area contributed by atoms with Crippen molar-refractivity contribution in [3.63, 3.8) is 0 Å². The van der Waals surface area contributed by atoms with Gasteiger partial charge < -0.3 is 4.57 Å². The molecule has 5 aromatic carbocycles. The number of nitrogens with zero attached hydrogens (tertiary/aromatic N) is 1. The highest BCUT2D eigenvalue weighted by Crippen LogP contribution is 2.42. The molecule has 146 valence electrons. The second-order valence-corrected chi connectivity index (χ2v) is 7.80. The van der Waals surface area contributed by atoms with E-state index in [2.05, 4.69) is 132 Å². The Kier molecular flexibility index (Phi) is 4.18. The quantitative estimate of drug-likeness (QED) is 0.285. The van der Waals surface area contributed by atoms with E-state index in [9.17, 15) is 0 Å². The van der Waals surface area contributed by atoms with Crippen molar-refractivity contribution in [3.05, 3.63) is 127 Å². The molecule has 0 aliphatic heterocycles. The van der Waals surface area contributed by atoms with Crippen LogP contribution < -0.4 is 0 Å². The van der Waals surface area contributed by atoms with Gasteiger partial charge in [-0.15, -0.1) is 0 Å². The molecule has 0 aliphatic carbocycles. The van der Waals surface area contributed by atoms with Gasteiger partial charge in [-0.1, -0.05) is 109 Å². The molecule has 0 aliphatic rings. The average Bonchev–Trinajstić information content (AvgIpc) is 3.20. The zero-order valence-corrected chi connectivity index (χ0v) is 17.1. The topological polar surface area (TPSA) is 4.93 Å². The fourth-order valence-electron chi connectivity index (χ4n) is 4.65. The molecule has 0 bridgehead atoms. The second-order valence-electron chi connectivity index (χ2n) is 7.80. The van der Waals surface area contributed by atoms with Crippen LogP contribution in [0.25, 0.3) is 49.7 Å². The van der Waals surface area contributed by atoms with Crippen LogP contribution in [0.15, 0.2) is 127 Å². The Balaban J connectivity index is 1.84. The van der Waals surface area contributed by atoms with Crippen LogP contribution in [0.4, 0.5) is 0 Å². The molecule has 1 aromatic heterocycles. The molecule has 1 heterocycles. The summed E-state index contributed by atoms with van der Waals surface area (Å²) in [5.41, 5.74) is 8.63. The molecule has 0 spiro atoms. The molecule has 0 amide bonds. The van der Waals surface area contributed by atoms with E-state index in [-0.39, 0.29) is 0 Å². The summed E-state index contributed by atoms with van der Waals surface area (Å²) in [6, 6.07) is 45.4. The molecule has 1 heteroatoms. The lowest BCUT2D eigenvalue weighted by atomic mass is 9.94. The number of para-hydroxylation sites is 2. The summed E-state index contributed by atoms with van der Waals surface area (Å²) in [4.78, 5) is 0. The van der Waals surface area contributed by atoms with E-state index in [1.54, 1.807) is 0 Å². The van der Waals surface area contributed by atoms with Gasteiger partial charge in [0.25, 0.3) is 0 Å². The van der Waals surface area contributed by atoms with Crippen LogP contribution in [0.2, 0.25) is 0 Å². The third-order valence-corrected chi connectivity index (χ3v) is 6.00. The summed E-state index contributed by atoms with van der Waals surface area (Å²) < 4.78 is 2.42. The fraction of sp³-hybridized carbons (Fsp3) is 0. The van der Waals surface area contributed by atoms with E-state index in [1.165, 1.54) is 49.7 Å². The maximum absolute atomic E-state index is 2.42. The van der Waals surface area contributed by atoms with E-state index in [4.69, 9.17) is 0 Å². The fourth-order valence-corrected chi connectivity index (χ4v) is 4.65. The minimum Gasteiger partial charge on any atom is -0.309 e. The van der Waals surface area contributed by atoms with Crippen molar-refractivity contribution in [2.75, 3.05) is 0 Å². The van der Waals surface area contributed by atoms with E-state index in [0.29, 0.717) is 0 Å². The molecule has 0 atom stereocenters. The molecule has 6 rings (SSSR count). The van der Waals surface area contributed by atoms with Crippen LogP contribution in [-0.4, -0.2) is 4.57 Å². The van der Waals surface area contributed by atoms with Gasteiger partial charge in [0.15, 0.2) is 0 Å². The number of aromatic nitrogens is 1. The van der Waals surface area contributed by atoms with Crippen LogP contribution >= 0.6 is 0 Å². The summed E-state index contributed by atoms with van der Waals surface area (Å²) in [6.45, 7) is 0. The molecule has 0 saturated carbocycles. The van der Waals surface area contributed by atoms with Gasteiger partial charge in [-0.2, -0.15) is 0 Å². The minimum absolute atomic E-state index is 1.18. The zero-order chi connectivity index (χ0) is 20.6. The number of hydrogen-bond acceptors (Lipinski definition) is 0. The summed E-state index contributed by atoms with van der Waals surface area (Å²) in [5, 5.41) is 2.57. The Bertz CT molecular complexity index is 1490. The van der Waals surface area contributed by atoms with Crippen LogP contribution in [0, 0.1) is 0 Å². The summed E-state index contributed by atoms with van der Waals surface area (Å²) in [6.07, 6.45) is 0. The van der Waals surface area contributed by atoms with Gasteiger partial charge in [0, 0.05) is 22.0 Å². The van der Waals surface area contributed by atoms with Crippen LogP contribution in [0.3, 0.4) is 0 Å². The highest BCUT2D eigenvalue weighted by atomic mass is 15.0. The van der Waals surface area contributed by atoms with E-state index < -0.39 is 0 Å². The summed E-state index contributed by atoms with van der Waals surface area (Å²) in [5.74, 6) is 0. The van der Waals surface area contributed by atoms with Crippen LogP contribution in [0.5, 0.6) is 0 Å². The molecule has 0 unspecified atom stereocenters. The number of fused-ring (bicyclic) bond motifs is 3. The van der Waals surface area contributed by atoms with Gasteiger partial charge >= 0.3 is 0 Å². The Morgan fingerprint density at radius 2 is 0.935 bits per heavy atom. The first-order valence-corrected chi connectivity index (χ1v) is 10.6. The zero-order valence-electron chi connectivity index (χ0n) is 17.1. The molecule has 6 aromatic rings. The first kappa shape index (κ1) is 17.7. The highest BCUT2D eigenvalue weighted by molar-refractivity contribution is 6.19. The van der Waals surface area contributed by atoms with Crippen molar-refractivity contribution in [1.82, 2.24) is 4.57 Å². The Morgan fingerprint density at radius 1 is 0.419 bits per heavy atom.